The number of aromatic nitrogens is 3. The van der Waals surface area contributed by atoms with E-state index in [1.54, 1.807) is 44.2 Å². The van der Waals surface area contributed by atoms with Crippen LogP contribution in [0, 0.1) is 5.82 Å². The first kappa shape index (κ1) is 30.1. The molecule has 0 N–H and O–H groups in total. The summed E-state index contributed by atoms with van der Waals surface area (Å²) in [5.74, 6) is -0.193. The first-order valence-corrected chi connectivity index (χ1v) is 14.4. The maximum Gasteiger partial charge on any atom is 0.328 e. The molecule has 1 aliphatic heterocycles. The summed E-state index contributed by atoms with van der Waals surface area (Å²) in [4.78, 5) is 39.9. The zero-order valence-corrected chi connectivity index (χ0v) is 25.2. The number of pyridine rings is 1. The van der Waals surface area contributed by atoms with Crippen LogP contribution >= 0.6 is 11.8 Å². The molecule has 1 unspecified atom stereocenters. The van der Waals surface area contributed by atoms with Crippen LogP contribution in [0.1, 0.15) is 39.5 Å². The van der Waals surface area contributed by atoms with Gasteiger partial charge in [-0.15, -0.1) is 11.8 Å². The molecule has 1 atom stereocenters. The van der Waals surface area contributed by atoms with Gasteiger partial charge in [-0.2, -0.15) is 4.57 Å². The van der Waals surface area contributed by atoms with E-state index in [0.29, 0.717) is 27.8 Å². The lowest BCUT2D eigenvalue weighted by Gasteiger charge is -2.12. The summed E-state index contributed by atoms with van der Waals surface area (Å²) < 4.78 is 24.0. The second-order valence-electron chi connectivity index (χ2n) is 10.3. The number of ketones is 1. The van der Waals surface area contributed by atoms with E-state index in [2.05, 4.69) is 4.57 Å². The smallest absolute Gasteiger partial charge is 0.328 e. The molecule has 0 bridgehead atoms. The number of nitrogens with zero attached hydrogens (tertiary/aromatic N) is 4. The lowest BCUT2D eigenvalue weighted by molar-refractivity contribution is -0.727. The number of hydrogen-bond donors (Lipinski definition) is 0. The lowest BCUT2D eigenvalue weighted by Crippen LogP contribution is -3.00. The summed E-state index contributed by atoms with van der Waals surface area (Å²) >= 11 is 1.71. The zero-order valence-electron chi connectivity index (χ0n) is 23.7. The van der Waals surface area contributed by atoms with Crippen LogP contribution in [0.15, 0.2) is 85.5 Å². The highest BCUT2D eigenvalue weighted by Crippen LogP contribution is 2.42. The third kappa shape index (κ3) is 5.68. The molecular formula is C32H28ClFN4O4S. The van der Waals surface area contributed by atoms with Crippen molar-refractivity contribution in [2.24, 2.45) is 0 Å². The molecule has 0 spiro atoms. The highest BCUT2D eigenvalue weighted by molar-refractivity contribution is 7.99. The topological polar surface area (TPSA) is 77.4 Å². The van der Waals surface area contributed by atoms with Gasteiger partial charge in [-0.1, -0.05) is 24.3 Å². The number of halogens is 2. The van der Waals surface area contributed by atoms with Crippen LogP contribution in [0.3, 0.4) is 0 Å². The summed E-state index contributed by atoms with van der Waals surface area (Å²) in [6, 6.07) is 17.2. The van der Waals surface area contributed by atoms with Crippen molar-refractivity contribution in [2.75, 3.05) is 14.1 Å². The highest BCUT2D eigenvalue weighted by Gasteiger charge is 2.31. The second kappa shape index (κ2) is 12.1. The van der Waals surface area contributed by atoms with E-state index in [1.807, 2.05) is 59.6 Å². The predicted octanol–water partition coefficient (Wildman–Crippen LogP) is 2.62. The van der Waals surface area contributed by atoms with Gasteiger partial charge in [0.05, 0.1) is 5.52 Å². The van der Waals surface area contributed by atoms with E-state index in [4.69, 9.17) is 4.74 Å². The molecular weight excluding hydrogens is 591 g/mol. The van der Waals surface area contributed by atoms with E-state index >= 15 is 0 Å². The number of ether oxygens (including phenoxy) is 1. The minimum absolute atomic E-state index is 0. The van der Waals surface area contributed by atoms with Crippen LogP contribution in [-0.4, -0.2) is 45.9 Å². The summed E-state index contributed by atoms with van der Waals surface area (Å²) in [6.45, 7) is 1.50. The van der Waals surface area contributed by atoms with Crippen molar-refractivity contribution >= 4 is 40.4 Å². The molecule has 6 rings (SSSR count). The predicted molar refractivity (Wildman–Crippen MR) is 158 cm³/mol. The first-order valence-electron chi connectivity index (χ1n) is 13.3. The number of thioether (sulfide) groups is 1. The van der Waals surface area contributed by atoms with E-state index in [9.17, 15) is 18.8 Å². The van der Waals surface area contributed by atoms with Gasteiger partial charge in [-0.25, -0.2) is 9.18 Å². The van der Waals surface area contributed by atoms with Crippen molar-refractivity contribution in [1.29, 1.82) is 0 Å². The van der Waals surface area contributed by atoms with Crippen LogP contribution in [0.2, 0.25) is 0 Å². The van der Waals surface area contributed by atoms with Gasteiger partial charge in [0.25, 0.3) is 6.73 Å². The van der Waals surface area contributed by atoms with E-state index in [-0.39, 0.29) is 48.1 Å². The molecule has 1 amide bonds. The summed E-state index contributed by atoms with van der Waals surface area (Å²) in [5.41, 5.74) is 5.17. The third-order valence-corrected chi connectivity index (χ3v) is 8.55. The molecule has 1 aliphatic rings. The van der Waals surface area contributed by atoms with Crippen molar-refractivity contribution in [3.05, 3.63) is 114 Å². The second-order valence-corrected chi connectivity index (χ2v) is 11.4. The number of amides is 1. The van der Waals surface area contributed by atoms with Crippen LogP contribution < -0.4 is 17.0 Å². The van der Waals surface area contributed by atoms with Gasteiger partial charge < -0.3 is 26.6 Å². The molecule has 4 heterocycles. The van der Waals surface area contributed by atoms with Crippen molar-refractivity contribution in [2.45, 2.75) is 24.8 Å². The molecule has 8 nitrogen and oxygen atoms in total. The van der Waals surface area contributed by atoms with Gasteiger partial charge in [0.15, 0.2) is 18.2 Å². The largest absolute Gasteiger partial charge is 1.00 e. The average molecular weight is 619 g/mol. The first-order chi connectivity index (χ1) is 20.2. The Hall–Kier alpha value is -4.41. The summed E-state index contributed by atoms with van der Waals surface area (Å²) in [7, 11) is 3.33. The molecule has 0 radical (unpaired) electrons. The van der Waals surface area contributed by atoms with Crippen LogP contribution in [-0.2, 0) is 22.0 Å². The number of rotatable bonds is 6. The average Bonchev–Trinajstić information content (AvgIpc) is 3.69. The third-order valence-electron chi connectivity index (χ3n) is 7.30. The van der Waals surface area contributed by atoms with Crippen molar-refractivity contribution in [3.63, 3.8) is 0 Å². The van der Waals surface area contributed by atoms with E-state index in [0.717, 1.165) is 22.4 Å². The SMILES string of the molecule is CC(=O)OC[n+]1cccc(C2SCc3c(C(=O)c4cn(C(=O)N(C)C)c5cc(-c6ccc(F)cc6)ccc45)ccn32)c1.[Cl-]. The Balaban J connectivity index is 0.00000368. The molecule has 43 heavy (non-hydrogen) atoms. The Morgan fingerprint density at radius 2 is 1.79 bits per heavy atom. The number of esters is 1. The molecule has 5 aromatic rings. The van der Waals surface area contributed by atoms with Crippen molar-refractivity contribution < 1.29 is 40.5 Å². The minimum Gasteiger partial charge on any atom is -1.00 e. The summed E-state index contributed by atoms with van der Waals surface area (Å²) in [5, 5.41) is 0.624. The summed E-state index contributed by atoms with van der Waals surface area (Å²) in [6.07, 6.45) is 7.32. The van der Waals surface area contributed by atoms with Gasteiger partial charge in [0.2, 0.25) is 0 Å². The Morgan fingerprint density at radius 3 is 2.51 bits per heavy atom. The quantitative estimate of drug-likeness (QED) is 0.166. The number of carbonyl (C=O) groups excluding carboxylic acids is 3. The standard InChI is InChI=1S/C32H28FN4O4S.ClH/c1-20(38)41-19-35-13-4-5-23(16-35)31-36-14-12-26(29(36)18-42-31)30(39)27-17-37(32(40)34(2)3)28-15-22(8-11-25(27)28)21-6-9-24(33)10-7-21;/h4-17,31H,18-19H2,1-3H3;1H/q+1;/p-1. The maximum atomic E-state index is 14.1. The van der Waals surface area contributed by atoms with Crippen LogP contribution in [0.5, 0.6) is 0 Å². The van der Waals surface area contributed by atoms with Gasteiger partial charge in [0, 0.05) is 73.0 Å². The lowest BCUT2D eigenvalue weighted by atomic mass is 10.00. The monoisotopic (exact) mass is 618 g/mol. The number of benzene rings is 2. The van der Waals surface area contributed by atoms with Gasteiger partial charge in [0.1, 0.15) is 11.2 Å². The molecule has 0 fully saturated rings. The Kier molecular flexibility index (Phi) is 8.43. The normalized spacial score (nSPS) is 13.8. The fraction of sp³-hybridized carbons (Fsp3) is 0.188. The Morgan fingerprint density at radius 1 is 1.05 bits per heavy atom. The number of carbonyl (C=O) groups is 3. The van der Waals surface area contributed by atoms with Crippen LogP contribution in [0.25, 0.3) is 22.0 Å². The van der Waals surface area contributed by atoms with Gasteiger partial charge in [-0.05, 0) is 41.5 Å². The molecule has 3 aromatic heterocycles. The molecule has 0 saturated heterocycles. The zero-order chi connectivity index (χ0) is 29.5. The van der Waals surface area contributed by atoms with Gasteiger partial charge >= 0.3 is 12.0 Å². The van der Waals surface area contributed by atoms with E-state index < -0.39 is 0 Å². The van der Waals surface area contributed by atoms with Crippen molar-refractivity contribution in [3.8, 4) is 11.1 Å². The Labute approximate surface area is 258 Å². The molecule has 0 aliphatic carbocycles. The van der Waals surface area contributed by atoms with Crippen LogP contribution in [0.4, 0.5) is 9.18 Å². The molecule has 220 valence electrons. The highest BCUT2D eigenvalue weighted by atomic mass is 35.5. The molecule has 2 aromatic carbocycles. The maximum absolute atomic E-state index is 14.1. The molecule has 0 saturated carbocycles. The Bertz CT molecular complexity index is 1870. The number of hydrogen-bond acceptors (Lipinski definition) is 5. The van der Waals surface area contributed by atoms with E-state index in [1.165, 1.54) is 28.5 Å². The van der Waals surface area contributed by atoms with Crippen molar-refractivity contribution in [1.82, 2.24) is 14.0 Å². The molecule has 11 heteroatoms. The van der Waals surface area contributed by atoms with Gasteiger partial charge in [-0.3, -0.25) is 14.2 Å². The fourth-order valence-corrected chi connectivity index (χ4v) is 6.55. The minimum atomic E-state index is -0.348. The number of fused-ring (bicyclic) bond motifs is 2. The fourth-order valence-electron chi connectivity index (χ4n) is 5.24.